The second-order valence-corrected chi connectivity index (χ2v) is 7.10. The lowest BCUT2D eigenvalue weighted by Crippen LogP contribution is -2.67. The Morgan fingerprint density at radius 2 is 1.86 bits per heavy atom. The van der Waals surface area contributed by atoms with Crippen molar-refractivity contribution in [2.75, 3.05) is 6.54 Å². The van der Waals surface area contributed by atoms with Crippen molar-refractivity contribution in [2.45, 2.75) is 63.5 Å². The molecule has 1 saturated heterocycles. The van der Waals surface area contributed by atoms with Crippen molar-refractivity contribution in [1.29, 1.82) is 0 Å². The van der Waals surface area contributed by atoms with E-state index in [1.165, 1.54) is 4.90 Å². The summed E-state index contributed by atoms with van der Waals surface area (Å²) in [6, 6.07) is 0. The molecule has 1 heterocycles. The molecule has 1 saturated carbocycles. The van der Waals surface area contributed by atoms with Gasteiger partial charge < -0.3 is 14.7 Å². The number of likely N-dealkylation sites (tertiary alicyclic amines) is 1. The number of ether oxygens (including phenoxy) is 1. The van der Waals surface area contributed by atoms with Crippen LogP contribution in [-0.4, -0.2) is 45.7 Å². The third-order valence-corrected chi connectivity index (χ3v) is 4.07. The number of hydrogen-bond donors (Lipinski definition) is 1. The Bertz CT molecular complexity index is 450. The Hall–Kier alpha value is -1.40. The first-order valence-electron chi connectivity index (χ1n) is 7.05. The Morgan fingerprint density at radius 1 is 1.29 bits per heavy atom. The number of halogens is 2. The van der Waals surface area contributed by atoms with E-state index in [9.17, 15) is 18.4 Å². The number of carbonyl (C=O) groups excluding carboxylic acids is 1. The SMILES string of the molecule is CC(C)(C)OC(=O)N1CC(C(=O)O)CCC12CC(F)(F)C2. The van der Waals surface area contributed by atoms with Gasteiger partial charge in [-0.05, 0) is 33.6 Å². The molecular formula is C14H21F2NO4. The molecule has 2 rings (SSSR count). The lowest BCUT2D eigenvalue weighted by Gasteiger charge is -2.56. The van der Waals surface area contributed by atoms with Gasteiger partial charge in [0, 0.05) is 19.4 Å². The number of piperidine rings is 1. The van der Waals surface area contributed by atoms with Gasteiger partial charge in [-0.25, -0.2) is 13.6 Å². The highest BCUT2D eigenvalue weighted by molar-refractivity contribution is 5.74. The van der Waals surface area contributed by atoms with Crippen LogP contribution in [0.2, 0.25) is 0 Å². The van der Waals surface area contributed by atoms with Crippen LogP contribution in [0.4, 0.5) is 13.6 Å². The molecule has 0 radical (unpaired) electrons. The van der Waals surface area contributed by atoms with Crippen molar-refractivity contribution in [3.05, 3.63) is 0 Å². The summed E-state index contributed by atoms with van der Waals surface area (Å²) in [6.07, 6.45) is -0.940. The number of alkyl halides is 2. The monoisotopic (exact) mass is 305 g/mol. The quantitative estimate of drug-likeness (QED) is 0.809. The first kappa shape index (κ1) is 16.0. The Morgan fingerprint density at radius 3 is 2.29 bits per heavy atom. The minimum Gasteiger partial charge on any atom is -0.481 e. The Kier molecular flexibility index (Phi) is 3.66. The second kappa shape index (κ2) is 4.81. The molecule has 1 unspecified atom stereocenters. The van der Waals surface area contributed by atoms with Crippen molar-refractivity contribution in [3.63, 3.8) is 0 Å². The van der Waals surface area contributed by atoms with Crippen molar-refractivity contribution >= 4 is 12.1 Å². The molecule has 2 aliphatic rings. The summed E-state index contributed by atoms with van der Waals surface area (Å²) in [7, 11) is 0. The zero-order valence-corrected chi connectivity index (χ0v) is 12.5. The third-order valence-electron chi connectivity index (χ3n) is 4.07. The van der Waals surface area contributed by atoms with Crippen LogP contribution in [0.5, 0.6) is 0 Å². The molecule has 1 N–H and O–H groups in total. The average molecular weight is 305 g/mol. The summed E-state index contributed by atoms with van der Waals surface area (Å²) in [4.78, 5) is 24.6. The Balaban J connectivity index is 2.18. The standard InChI is InChI=1S/C14H21F2NO4/c1-12(2,3)21-11(20)17-6-9(10(18)19)4-5-13(17)7-14(15,16)8-13/h9H,4-8H2,1-3H3,(H,18,19). The zero-order chi connectivity index (χ0) is 16.1. The topological polar surface area (TPSA) is 66.8 Å². The molecule has 0 aromatic carbocycles. The van der Waals surface area contributed by atoms with Crippen LogP contribution in [0.15, 0.2) is 0 Å². The highest BCUT2D eigenvalue weighted by Crippen LogP contribution is 2.54. The van der Waals surface area contributed by atoms with Gasteiger partial charge in [0.25, 0.3) is 5.92 Å². The normalized spacial score (nSPS) is 27.1. The highest BCUT2D eigenvalue weighted by Gasteiger charge is 2.62. The molecule has 7 heteroatoms. The predicted molar refractivity (Wildman–Crippen MR) is 70.2 cm³/mol. The molecule has 5 nitrogen and oxygen atoms in total. The lowest BCUT2D eigenvalue weighted by molar-refractivity contribution is -0.188. The molecular weight excluding hydrogens is 284 g/mol. The summed E-state index contributed by atoms with van der Waals surface area (Å²) in [5.41, 5.74) is -1.70. The number of carbonyl (C=O) groups is 2. The number of hydrogen-bond acceptors (Lipinski definition) is 3. The van der Waals surface area contributed by atoms with E-state index < -0.39 is 47.9 Å². The molecule has 1 atom stereocenters. The predicted octanol–water partition coefficient (Wildman–Crippen LogP) is 2.89. The van der Waals surface area contributed by atoms with E-state index in [-0.39, 0.29) is 13.0 Å². The van der Waals surface area contributed by atoms with Gasteiger partial charge in [-0.2, -0.15) is 0 Å². The maximum Gasteiger partial charge on any atom is 0.410 e. The smallest absolute Gasteiger partial charge is 0.410 e. The minimum atomic E-state index is -2.78. The van der Waals surface area contributed by atoms with Crippen LogP contribution in [0.1, 0.15) is 46.5 Å². The highest BCUT2D eigenvalue weighted by atomic mass is 19.3. The Labute approximate surface area is 122 Å². The lowest BCUT2D eigenvalue weighted by atomic mass is 9.66. The number of nitrogens with zero attached hydrogens (tertiary/aromatic N) is 1. The largest absolute Gasteiger partial charge is 0.481 e. The number of aliphatic carboxylic acids is 1. The van der Waals surface area contributed by atoms with Gasteiger partial charge in [0.2, 0.25) is 0 Å². The number of amides is 1. The van der Waals surface area contributed by atoms with Gasteiger partial charge in [0.1, 0.15) is 5.60 Å². The fourth-order valence-corrected chi connectivity index (χ4v) is 3.15. The van der Waals surface area contributed by atoms with Crippen molar-refractivity contribution in [3.8, 4) is 0 Å². The van der Waals surface area contributed by atoms with E-state index in [1.54, 1.807) is 20.8 Å². The second-order valence-electron chi connectivity index (χ2n) is 7.10. The van der Waals surface area contributed by atoms with Gasteiger partial charge in [-0.1, -0.05) is 0 Å². The number of carboxylic acid groups (broad SMARTS) is 1. The molecule has 0 aromatic rings. The molecule has 1 spiro atoms. The molecule has 0 aromatic heterocycles. The van der Waals surface area contributed by atoms with Crippen LogP contribution in [-0.2, 0) is 9.53 Å². The van der Waals surface area contributed by atoms with Crippen LogP contribution in [0.3, 0.4) is 0 Å². The van der Waals surface area contributed by atoms with E-state index in [2.05, 4.69) is 0 Å². The van der Waals surface area contributed by atoms with Gasteiger partial charge in [0.15, 0.2) is 0 Å². The first-order chi connectivity index (χ1) is 9.44. The van der Waals surface area contributed by atoms with E-state index in [0.29, 0.717) is 6.42 Å². The molecule has 120 valence electrons. The van der Waals surface area contributed by atoms with Crippen LogP contribution in [0, 0.1) is 5.92 Å². The van der Waals surface area contributed by atoms with Crippen LogP contribution < -0.4 is 0 Å². The third kappa shape index (κ3) is 3.27. The summed E-state index contributed by atoms with van der Waals surface area (Å²) in [6.45, 7) is 4.99. The average Bonchev–Trinajstić information content (AvgIpc) is 2.23. The van der Waals surface area contributed by atoms with E-state index in [4.69, 9.17) is 9.84 Å². The van der Waals surface area contributed by atoms with Gasteiger partial charge in [-0.15, -0.1) is 0 Å². The van der Waals surface area contributed by atoms with Crippen LogP contribution >= 0.6 is 0 Å². The van der Waals surface area contributed by atoms with Gasteiger partial charge >= 0.3 is 12.1 Å². The fourth-order valence-electron chi connectivity index (χ4n) is 3.15. The molecule has 0 bridgehead atoms. The molecule has 1 aliphatic carbocycles. The van der Waals surface area contributed by atoms with Crippen LogP contribution in [0.25, 0.3) is 0 Å². The summed E-state index contributed by atoms with van der Waals surface area (Å²) < 4.78 is 31.9. The molecule has 1 amide bonds. The summed E-state index contributed by atoms with van der Waals surface area (Å²) in [5, 5.41) is 9.11. The molecule has 1 aliphatic heterocycles. The van der Waals surface area contributed by atoms with E-state index in [1.807, 2.05) is 0 Å². The van der Waals surface area contributed by atoms with Gasteiger partial charge in [-0.3, -0.25) is 4.79 Å². The maximum absolute atomic E-state index is 13.3. The number of carboxylic acids is 1. The number of rotatable bonds is 1. The molecule has 2 fully saturated rings. The first-order valence-corrected chi connectivity index (χ1v) is 7.05. The zero-order valence-electron chi connectivity index (χ0n) is 12.5. The van der Waals surface area contributed by atoms with Crippen molar-refractivity contribution < 1.29 is 28.2 Å². The van der Waals surface area contributed by atoms with Gasteiger partial charge in [0.05, 0.1) is 11.5 Å². The van der Waals surface area contributed by atoms with E-state index >= 15 is 0 Å². The molecule has 21 heavy (non-hydrogen) atoms. The summed E-state index contributed by atoms with van der Waals surface area (Å²) >= 11 is 0. The van der Waals surface area contributed by atoms with Crippen molar-refractivity contribution in [2.24, 2.45) is 5.92 Å². The maximum atomic E-state index is 13.3. The summed E-state index contributed by atoms with van der Waals surface area (Å²) in [5.74, 6) is -4.52. The minimum absolute atomic E-state index is 0.0691. The fraction of sp³-hybridized carbons (Fsp3) is 0.857. The van der Waals surface area contributed by atoms with Crippen molar-refractivity contribution in [1.82, 2.24) is 4.90 Å². The van der Waals surface area contributed by atoms with E-state index in [0.717, 1.165) is 0 Å².